The monoisotopic (exact) mass is 270 g/mol. The minimum atomic E-state index is -0.476. The summed E-state index contributed by atoms with van der Waals surface area (Å²) in [6.45, 7) is 4.22. The number of esters is 3. The summed E-state index contributed by atoms with van der Waals surface area (Å²) in [5.41, 5.74) is 0. The first-order valence-electron chi connectivity index (χ1n) is 6.02. The zero-order valence-electron chi connectivity index (χ0n) is 11.3. The Bertz CT molecular complexity index is 359. The minimum absolute atomic E-state index is 0.139. The molecule has 0 aromatic carbocycles. The summed E-state index contributed by atoms with van der Waals surface area (Å²) in [7, 11) is 0. The second-order valence-electron chi connectivity index (χ2n) is 4.39. The van der Waals surface area contributed by atoms with E-state index in [1.165, 1.54) is 20.8 Å². The molecule has 3 atom stereocenters. The van der Waals surface area contributed by atoms with Crippen LogP contribution in [0.4, 0.5) is 0 Å². The van der Waals surface area contributed by atoms with Crippen LogP contribution in [-0.4, -0.2) is 37.2 Å². The van der Waals surface area contributed by atoms with Gasteiger partial charge in [0.2, 0.25) is 0 Å². The number of carbonyl (C=O) groups is 3. The molecule has 1 aliphatic carbocycles. The van der Waals surface area contributed by atoms with Gasteiger partial charge in [-0.15, -0.1) is 0 Å². The van der Waals surface area contributed by atoms with Gasteiger partial charge in [0, 0.05) is 32.6 Å². The normalized spacial score (nSPS) is 24.9. The summed E-state index contributed by atoms with van der Waals surface area (Å²) in [6.07, 6.45) is 3.14. The van der Waals surface area contributed by atoms with Crippen LogP contribution in [0.3, 0.4) is 0 Å². The van der Waals surface area contributed by atoms with Crippen molar-refractivity contribution in [1.82, 2.24) is 0 Å². The van der Waals surface area contributed by atoms with Gasteiger partial charge in [0.15, 0.2) is 0 Å². The molecule has 0 saturated carbocycles. The van der Waals surface area contributed by atoms with E-state index in [0.717, 1.165) is 0 Å². The molecule has 106 valence electrons. The highest BCUT2D eigenvalue weighted by atomic mass is 16.6. The molecule has 1 aliphatic rings. The molecule has 19 heavy (non-hydrogen) atoms. The van der Waals surface area contributed by atoms with Gasteiger partial charge in [-0.25, -0.2) is 0 Å². The van der Waals surface area contributed by atoms with Gasteiger partial charge in [0.25, 0.3) is 0 Å². The molecule has 0 heterocycles. The van der Waals surface area contributed by atoms with Crippen molar-refractivity contribution in [2.24, 2.45) is 11.8 Å². The number of ether oxygens (including phenoxy) is 3. The maximum absolute atomic E-state index is 11.1. The molecule has 0 amide bonds. The molecule has 0 bridgehead atoms. The fourth-order valence-corrected chi connectivity index (χ4v) is 1.92. The van der Waals surface area contributed by atoms with Crippen molar-refractivity contribution in [2.45, 2.75) is 26.9 Å². The van der Waals surface area contributed by atoms with E-state index in [-0.39, 0.29) is 25.0 Å². The minimum Gasteiger partial charge on any atom is -0.465 e. The highest BCUT2D eigenvalue weighted by Gasteiger charge is 2.35. The Balaban J connectivity index is 2.61. The molecule has 0 spiro atoms. The van der Waals surface area contributed by atoms with Crippen LogP contribution in [0.2, 0.25) is 0 Å². The lowest BCUT2D eigenvalue weighted by Gasteiger charge is -2.24. The maximum atomic E-state index is 11.1. The lowest BCUT2D eigenvalue weighted by atomic mass is 10.00. The van der Waals surface area contributed by atoms with E-state index in [4.69, 9.17) is 14.2 Å². The van der Waals surface area contributed by atoms with Crippen LogP contribution in [0.5, 0.6) is 0 Å². The van der Waals surface area contributed by atoms with E-state index in [1.54, 1.807) is 0 Å². The average Bonchev–Trinajstić information content (AvgIpc) is 2.65. The van der Waals surface area contributed by atoms with Crippen LogP contribution in [0.1, 0.15) is 20.8 Å². The third-order valence-electron chi connectivity index (χ3n) is 2.71. The summed E-state index contributed by atoms with van der Waals surface area (Å²) in [5.74, 6) is -1.63. The molecule has 6 nitrogen and oxygen atoms in total. The summed E-state index contributed by atoms with van der Waals surface area (Å²) in [5, 5.41) is 0. The zero-order valence-corrected chi connectivity index (χ0v) is 11.3. The lowest BCUT2D eigenvalue weighted by molar-refractivity contribution is -0.154. The number of hydrogen-bond donors (Lipinski definition) is 0. The first kappa shape index (κ1) is 15.2. The fourth-order valence-electron chi connectivity index (χ4n) is 1.92. The Hall–Kier alpha value is -1.85. The van der Waals surface area contributed by atoms with E-state index < -0.39 is 24.0 Å². The SMILES string of the molecule is CC(=O)OC[C@H]1C=C[C@@H](COC(C)=O)C1OC(C)=O. The molecule has 0 radical (unpaired) electrons. The molecule has 0 aromatic rings. The predicted octanol–water partition coefficient (Wildman–Crippen LogP) is 0.846. The van der Waals surface area contributed by atoms with Crippen LogP contribution in [-0.2, 0) is 28.6 Å². The molecule has 0 aromatic heterocycles. The van der Waals surface area contributed by atoms with Crippen molar-refractivity contribution < 1.29 is 28.6 Å². The van der Waals surface area contributed by atoms with Crippen molar-refractivity contribution in [3.05, 3.63) is 12.2 Å². The summed E-state index contributed by atoms with van der Waals surface area (Å²) >= 11 is 0. The Kier molecular flexibility index (Phi) is 5.54. The molecular formula is C13H18O6. The van der Waals surface area contributed by atoms with Gasteiger partial charge in [0.1, 0.15) is 19.3 Å². The van der Waals surface area contributed by atoms with E-state index in [9.17, 15) is 14.4 Å². The highest BCUT2D eigenvalue weighted by molar-refractivity contribution is 5.67. The molecule has 0 N–H and O–H groups in total. The van der Waals surface area contributed by atoms with Gasteiger partial charge in [-0.2, -0.15) is 0 Å². The van der Waals surface area contributed by atoms with E-state index in [2.05, 4.69) is 0 Å². The van der Waals surface area contributed by atoms with Gasteiger partial charge in [0.05, 0.1) is 0 Å². The van der Waals surface area contributed by atoms with Gasteiger partial charge in [-0.1, -0.05) is 12.2 Å². The van der Waals surface area contributed by atoms with Crippen LogP contribution in [0, 0.1) is 11.8 Å². The van der Waals surface area contributed by atoms with Crippen LogP contribution >= 0.6 is 0 Å². The van der Waals surface area contributed by atoms with Gasteiger partial charge >= 0.3 is 17.9 Å². The van der Waals surface area contributed by atoms with Crippen molar-refractivity contribution >= 4 is 17.9 Å². The van der Waals surface area contributed by atoms with Gasteiger partial charge in [-0.05, 0) is 0 Å². The Morgan fingerprint density at radius 1 is 0.842 bits per heavy atom. The van der Waals surface area contributed by atoms with Gasteiger partial charge < -0.3 is 14.2 Å². The highest BCUT2D eigenvalue weighted by Crippen LogP contribution is 2.28. The predicted molar refractivity (Wildman–Crippen MR) is 64.9 cm³/mol. The molecular weight excluding hydrogens is 252 g/mol. The quantitative estimate of drug-likeness (QED) is 0.418. The Labute approximate surface area is 111 Å². The van der Waals surface area contributed by atoms with Crippen LogP contribution in [0.15, 0.2) is 12.2 Å². The average molecular weight is 270 g/mol. The second-order valence-corrected chi connectivity index (χ2v) is 4.39. The summed E-state index contributed by atoms with van der Waals surface area (Å²) in [6, 6.07) is 0. The first-order valence-corrected chi connectivity index (χ1v) is 6.02. The van der Waals surface area contributed by atoms with Crippen molar-refractivity contribution in [3.63, 3.8) is 0 Å². The Morgan fingerprint density at radius 2 is 1.26 bits per heavy atom. The number of carbonyl (C=O) groups excluding carboxylic acids is 3. The van der Waals surface area contributed by atoms with Crippen LogP contribution in [0.25, 0.3) is 0 Å². The topological polar surface area (TPSA) is 78.9 Å². The third kappa shape index (κ3) is 5.11. The van der Waals surface area contributed by atoms with E-state index in [0.29, 0.717) is 0 Å². The molecule has 0 saturated heterocycles. The largest absolute Gasteiger partial charge is 0.465 e. The fraction of sp³-hybridized carbons (Fsp3) is 0.615. The molecule has 0 aliphatic heterocycles. The Morgan fingerprint density at radius 3 is 1.58 bits per heavy atom. The summed E-state index contributed by atoms with van der Waals surface area (Å²) in [4.78, 5) is 32.7. The first-order chi connectivity index (χ1) is 8.90. The number of rotatable bonds is 5. The van der Waals surface area contributed by atoms with E-state index >= 15 is 0 Å². The smallest absolute Gasteiger partial charge is 0.302 e. The lowest BCUT2D eigenvalue weighted by Crippen LogP contribution is -2.33. The second kappa shape index (κ2) is 6.92. The summed E-state index contributed by atoms with van der Waals surface area (Å²) < 4.78 is 15.1. The maximum Gasteiger partial charge on any atom is 0.302 e. The van der Waals surface area contributed by atoms with Crippen molar-refractivity contribution in [2.75, 3.05) is 13.2 Å². The standard InChI is InChI=1S/C13H18O6/c1-8(14)17-6-11-4-5-12(7-18-9(2)15)13(11)19-10(3)16/h4-5,11-13H,6-7H2,1-3H3/t11-,12+,13?. The third-order valence-corrected chi connectivity index (χ3v) is 2.71. The van der Waals surface area contributed by atoms with Crippen molar-refractivity contribution in [3.8, 4) is 0 Å². The number of hydrogen-bond acceptors (Lipinski definition) is 6. The zero-order chi connectivity index (χ0) is 14.4. The van der Waals surface area contributed by atoms with Gasteiger partial charge in [-0.3, -0.25) is 14.4 Å². The molecule has 6 heteroatoms. The molecule has 1 unspecified atom stereocenters. The van der Waals surface area contributed by atoms with E-state index in [1.807, 2.05) is 12.2 Å². The molecule has 1 rings (SSSR count). The van der Waals surface area contributed by atoms with Crippen molar-refractivity contribution in [1.29, 1.82) is 0 Å². The van der Waals surface area contributed by atoms with Crippen LogP contribution < -0.4 is 0 Å². The molecule has 0 fully saturated rings.